The van der Waals surface area contributed by atoms with Crippen molar-refractivity contribution in [3.8, 4) is 0 Å². The zero-order chi connectivity index (χ0) is 14.0. The number of aromatic nitrogens is 1. The average molecular weight is 276 g/mol. The van der Waals surface area contributed by atoms with Crippen molar-refractivity contribution in [3.05, 3.63) is 42.2 Å². The molecule has 4 heteroatoms. The van der Waals surface area contributed by atoms with Crippen molar-refractivity contribution < 1.29 is 4.21 Å². The third kappa shape index (κ3) is 3.01. The largest absolute Gasteiger partial charge is 0.264 e. The Balaban J connectivity index is 2.37. The predicted octanol–water partition coefficient (Wildman–Crippen LogP) is 3.13. The van der Waals surface area contributed by atoms with Crippen LogP contribution in [0.1, 0.15) is 38.7 Å². The number of nitrogens with two attached hydrogens (primary N) is 1. The molecule has 0 aliphatic heterocycles. The van der Waals surface area contributed by atoms with Gasteiger partial charge in [-0.1, -0.05) is 25.1 Å². The Labute approximate surface area is 116 Å². The number of hydrogen-bond acceptors (Lipinski definition) is 2. The molecular weight excluding hydrogens is 256 g/mol. The molecule has 0 saturated carbocycles. The van der Waals surface area contributed by atoms with Crippen molar-refractivity contribution in [3.63, 3.8) is 0 Å². The van der Waals surface area contributed by atoms with E-state index < -0.39 is 11.0 Å². The highest BCUT2D eigenvalue weighted by Crippen LogP contribution is 2.32. The van der Waals surface area contributed by atoms with Crippen molar-refractivity contribution in [1.29, 1.82) is 0 Å². The maximum Gasteiger partial charge on any atom is 0.0945 e. The van der Waals surface area contributed by atoms with Gasteiger partial charge in [-0.05, 0) is 43.2 Å². The van der Waals surface area contributed by atoms with Crippen LogP contribution in [0, 0.1) is 0 Å². The molecule has 0 amide bonds. The molecule has 2 N–H and O–H groups in total. The SMILES string of the molecule is C[C@H](CC(C)(C)S(N)=O)c1cccc2ccncc12. The van der Waals surface area contributed by atoms with Crippen LogP contribution in [0.2, 0.25) is 0 Å². The lowest BCUT2D eigenvalue weighted by Gasteiger charge is -2.26. The lowest BCUT2D eigenvalue weighted by molar-refractivity contribution is 0.542. The zero-order valence-electron chi connectivity index (χ0n) is 11.6. The van der Waals surface area contributed by atoms with Crippen molar-refractivity contribution in [2.24, 2.45) is 5.14 Å². The summed E-state index contributed by atoms with van der Waals surface area (Å²) in [5.41, 5.74) is 1.24. The summed E-state index contributed by atoms with van der Waals surface area (Å²) in [7, 11) is -1.32. The van der Waals surface area contributed by atoms with Gasteiger partial charge in [0.2, 0.25) is 0 Å². The molecule has 0 aliphatic carbocycles. The molecule has 0 radical (unpaired) electrons. The van der Waals surface area contributed by atoms with E-state index in [9.17, 15) is 4.21 Å². The van der Waals surface area contributed by atoms with E-state index in [1.54, 1.807) is 6.20 Å². The number of rotatable bonds is 4. The molecule has 0 spiro atoms. The minimum atomic E-state index is -1.32. The van der Waals surface area contributed by atoms with Crippen LogP contribution in [0.4, 0.5) is 0 Å². The first-order chi connectivity index (χ1) is 8.92. The normalized spacial score (nSPS) is 15.4. The molecular formula is C15H20N2OS. The van der Waals surface area contributed by atoms with Crippen LogP contribution in [0.5, 0.6) is 0 Å². The third-order valence-electron chi connectivity index (χ3n) is 3.59. The van der Waals surface area contributed by atoms with E-state index in [1.807, 2.05) is 26.1 Å². The fraction of sp³-hybridized carbons (Fsp3) is 0.400. The van der Waals surface area contributed by atoms with E-state index in [2.05, 4.69) is 30.1 Å². The van der Waals surface area contributed by atoms with Gasteiger partial charge in [-0.25, -0.2) is 4.21 Å². The van der Waals surface area contributed by atoms with E-state index in [0.29, 0.717) is 0 Å². The Hall–Kier alpha value is -1.26. The van der Waals surface area contributed by atoms with Crippen LogP contribution >= 0.6 is 0 Å². The Morgan fingerprint density at radius 2 is 2.11 bits per heavy atom. The van der Waals surface area contributed by atoms with Crippen LogP contribution in [0.25, 0.3) is 10.8 Å². The Bertz CT molecular complexity index is 605. The first-order valence-electron chi connectivity index (χ1n) is 6.41. The van der Waals surface area contributed by atoms with Crippen LogP contribution < -0.4 is 5.14 Å². The summed E-state index contributed by atoms with van der Waals surface area (Å²) in [6.07, 6.45) is 4.48. The molecule has 2 atom stereocenters. The van der Waals surface area contributed by atoms with Crippen molar-refractivity contribution in [1.82, 2.24) is 4.98 Å². The second-order valence-electron chi connectivity index (χ2n) is 5.61. The number of nitrogens with zero attached hydrogens (tertiary/aromatic N) is 1. The lowest BCUT2D eigenvalue weighted by atomic mass is 9.89. The molecule has 1 aromatic carbocycles. The van der Waals surface area contributed by atoms with Crippen LogP contribution in [-0.4, -0.2) is 13.9 Å². The Kier molecular flexibility index (Phi) is 4.02. The highest BCUT2D eigenvalue weighted by Gasteiger charge is 2.27. The summed E-state index contributed by atoms with van der Waals surface area (Å²) >= 11 is 0. The number of hydrogen-bond donors (Lipinski definition) is 1. The summed E-state index contributed by atoms with van der Waals surface area (Å²) in [5, 5.41) is 7.92. The zero-order valence-corrected chi connectivity index (χ0v) is 12.4. The first kappa shape index (κ1) is 14.2. The Morgan fingerprint density at radius 3 is 2.79 bits per heavy atom. The van der Waals surface area contributed by atoms with Crippen molar-refractivity contribution in [2.75, 3.05) is 0 Å². The summed E-state index contributed by atoms with van der Waals surface area (Å²) < 4.78 is 11.2. The second kappa shape index (κ2) is 5.39. The second-order valence-corrected chi connectivity index (χ2v) is 7.31. The summed E-state index contributed by atoms with van der Waals surface area (Å²) in [6, 6.07) is 8.27. The van der Waals surface area contributed by atoms with Gasteiger partial charge in [-0.2, -0.15) is 0 Å². The molecule has 19 heavy (non-hydrogen) atoms. The van der Waals surface area contributed by atoms with Gasteiger partial charge in [0, 0.05) is 17.8 Å². The molecule has 1 aromatic heterocycles. The van der Waals surface area contributed by atoms with E-state index >= 15 is 0 Å². The predicted molar refractivity (Wildman–Crippen MR) is 81.2 cm³/mol. The molecule has 0 bridgehead atoms. The summed E-state index contributed by atoms with van der Waals surface area (Å²) in [4.78, 5) is 4.20. The van der Waals surface area contributed by atoms with Gasteiger partial charge in [0.15, 0.2) is 0 Å². The van der Waals surface area contributed by atoms with Gasteiger partial charge in [-0.15, -0.1) is 0 Å². The molecule has 0 aliphatic rings. The monoisotopic (exact) mass is 276 g/mol. The maximum atomic E-state index is 11.6. The topological polar surface area (TPSA) is 56.0 Å². The molecule has 2 aromatic rings. The molecule has 1 heterocycles. The highest BCUT2D eigenvalue weighted by atomic mass is 32.2. The minimum Gasteiger partial charge on any atom is -0.264 e. The average Bonchev–Trinajstić information content (AvgIpc) is 2.37. The standard InChI is InChI=1S/C15H20N2OS/c1-11(9-15(2,3)19(16)18)13-6-4-5-12-7-8-17-10-14(12)13/h4-8,10-11H,9,16H2,1-3H3/t11-,19?/m1/s1. The van der Waals surface area contributed by atoms with Crippen LogP contribution in [0.15, 0.2) is 36.7 Å². The van der Waals surface area contributed by atoms with E-state index in [4.69, 9.17) is 5.14 Å². The number of benzene rings is 1. The quantitative estimate of drug-likeness (QED) is 0.932. The fourth-order valence-corrected chi connectivity index (χ4v) is 2.91. The van der Waals surface area contributed by atoms with Crippen molar-refractivity contribution >= 4 is 21.8 Å². The first-order valence-corrected chi connectivity index (χ1v) is 7.62. The maximum absolute atomic E-state index is 11.6. The summed E-state index contributed by atoms with van der Waals surface area (Å²) in [5.74, 6) is 0.287. The molecule has 0 saturated heterocycles. The van der Waals surface area contributed by atoms with E-state index in [1.165, 1.54) is 10.9 Å². The smallest absolute Gasteiger partial charge is 0.0945 e. The molecule has 3 nitrogen and oxygen atoms in total. The van der Waals surface area contributed by atoms with Gasteiger partial charge in [0.1, 0.15) is 0 Å². The number of fused-ring (bicyclic) bond motifs is 1. The van der Waals surface area contributed by atoms with Gasteiger partial charge < -0.3 is 0 Å². The van der Waals surface area contributed by atoms with Gasteiger partial charge in [0.05, 0.1) is 15.7 Å². The molecule has 2 rings (SSSR count). The highest BCUT2D eigenvalue weighted by molar-refractivity contribution is 7.84. The fourth-order valence-electron chi connectivity index (χ4n) is 2.50. The van der Waals surface area contributed by atoms with Gasteiger partial charge >= 0.3 is 0 Å². The van der Waals surface area contributed by atoms with E-state index in [0.717, 1.165) is 11.8 Å². The lowest BCUT2D eigenvalue weighted by Crippen LogP contribution is -2.33. The van der Waals surface area contributed by atoms with Gasteiger partial charge in [-0.3, -0.25) is 10.1 Å². The third-order valence-corrected chi connectivity index (χ3v) is 4.85. The van der Waals surface area contributed by atoms with Crippen molar-refractivity contribution in [2.45, 2.75) is 37.9 Å². The van der Waals surface area contributed by atoms with E-state index in [-0.39, 0.29) is 10.7 Å². The molecule has 0 fully saturated rings. The molecule has 1 unspecified atom stereocenters. The summed E-state index contributed by atoms with van der Waals surface area (Å²) in [6.45, 7) is 6.04. The minimum absolute atomic E-state index is 0.287. The van der Waals surface area contributed by atoms with Crippen LogP contribution in [-0.2, 0) is 11.0 Å². The molecule has 102 valence electrons. The van der Waals surface area contributed by atoms with Gasteiger partial charge in [0.25, 0.3) is 0 Å². The Morgan fingerprint density at radius 1 is 1.37 bits per heavy atom. The van der Waals surface area contributed by atoms with Crippen LogP contribution in [0.3, 0.4) is 0 Å². The number of pyridine rings is 1.